The summed E-state index contributed by atoms with van der Waals surface area (Å²) in [4.78, 5) is 11.9. The van der Waals surface area contributed by atoms with E-state index in [0.717, 1.165) is 36.0 Å². The van der Waals surface area contributed by atoms with E-state index in [1.807, 2.05) is 0 Å². The predicted molar refractivity (Wildman–Crippen MR) is 119 cm³/mol. The maximum atomic E-state index is 11.9. The normalized spacial score (nSPS) is 47.3. The molecule has 0 N–H and O–H groups in total. The van der Waals surface area contributed by atoms with Crippen LogP contribution in [0.3, 0.4) is 0 Å². The van der Waals surface area contributed by atoms with Crippen molar-refractivity contribution in [1.29, 1.82) is 0 Å². The quantitative estimate of drug-likeness (QED) is 0.463. The van der Waals surface area contributed by atoms with Gasteiger partial charge >= 0.3 is 5.97 Å². The van der Waals surface area contributed by atoms with Crippen LogP contribution >= 0.6 is 0 Å². The fourth-order valence-electron chi connectivity index (χ4n) is 8.17. The van der Waals surface area contributed by atoms with Gasteiger partial charge in [0.15, 0.2) is 0 Å². The van der Waals surface area contributed by atoms with Crippen molar-refractivity contribution in [1.82, 2.24) is 0 Å². The van der Waals surface area contributed by atoms with E-state index in [1.54, 1.807) is 6.08 Å². The average molecular weight is 401 g/mol. The van der Waals surface area contributed by atoms with Crippen molar-refractivity contribution in [3.63, 3.8) is 0 Å². The van der Waals surface area contributed by atoms with Crippen LogP contribution in [-0.4, -0.2) is 12.1 Å². The van der Waals surface area contributed by atoms with Crippen molar-refractivity contribution >= 4 is 5.97 Å². The molecule has 1 aliphatic heterocycles. The van der Waals surface area contributed by atoms with Crippen molar-refractivity contribution in [2.24, 2.45) is 52.3 Å². The lowest BCUT2D eigenvalue weighted by Gasteiger charge is -2.59. The Morgan fingerprint density at radius 2 is 1.90 bits per heavy atom. The van der Waals surface area contributed by atoms with Gasteiger partial charge in [-0.05, 0) is 78.9 Å². The molecule has 1 heterocycles. The van der Waals surface area contributed by atoms with Gasteiger partial charge in [0.2, 0.25) is 0 Å². The molecule has 0 aromatic carbocycles. The van der Waals surface area contributed by atoms with E-state index in [1.165, 1.54) is 44.9 Å². The first kappa shape index (κ1) is 21.4. The lowest BCUT2D eigenvalue weighted by molar-refractivity contribution is -0.173. The summed E-state index contributed by atoms with van der Waals surface area (Å²) in [6.45, 7) is 14.7. The van der Waals surface area contributed by atoms with Crippen LogP contribution in [0.15, 0.2) is 12.2 Å². The fraction of sp³-hybridized carbons (Fsp3) is 0.889. The Bertz CT molecular complexity index is 651. The number of rotatable bonds is 5. The summed E-state index contributed by atoms with van der Waals surface area (Å²) >= 11 is 0. The van der Waals surface area contributed by atoms with Gasteiger partial charge in [0.25, 0.3) is 0 Å². The highest BCUT2D eigenvalue weighted by molar-refractivity contribution is 5.83. The summed E-state index contributed by atoms with van der Waals surface area (Å²) in [6, 6.07) is 0. The summed E-state index contributed by atoms with van der Waals surface area (Å²) in [7, 11) is 0. The SMILES string of the molecule is CC(C)CCCC(C)C1C[C@H]2[C@@H]3C(C)CC4OC(=O)C=C[C@]4(C)[C@@H]3CC[C@]2(C)C1. The van der Waals surface area contributed by atoms with Crippen molar-refractivity contribution in [3.8, 4) is 0 Å². The molecule has 29 heavy (non-hydrogen) atoms. The monoisotopic (exact) mass is 400 g/mol. The van der Waals surface area contributed by atoms with Crippen molar-refractivity contribution in [2.75, 3.05) is 0 Å². The second kappa shape index (κ2) is 7.72. The van der Waals surface area contributed by atoms with E-state index in [9.17, 15) is 4.79 Å². The van der Waals surface area contributed by atoms with Crippen molar-refractivity contribution < 1.29 is 9.53 Å². The molecule has 0 bridgehead atoms. The second-order valence-electron chi connectivity index (χ2n) is 12.3. The van der Waals surface area contributed by atoms with Gasteiger partial charge in [0.1, 0.15) is 6.10 Å². The summed E-state index contributed by atoms with van der Waals surface area (Å²) in [6.07, 6.45) is 14.8. The molecule has 0 aromatic heterocycles. The van der Waals surface area contributed by atoms with Gasteiger partial charge in [0.05, 0.1) is 0 Å². The van der Waals surface area contributed by atoms with Crippen molar-refractivity contribution in [2.45, 2.75) is 99.0 Å². The Morgan fingerprint density at radius 1 is 1.14 bits per heavy atom. The molecule has 4 aliphatic rings. The summed E-state index contributed by atoms with van der Waals surface area (Å²) < 4.78 is 5.85. The maximum Gasteiger partial charge on any atom is 0.330 e. The molecule has 164 valence electrons. The minimum absolute atomic E-state index is 0.0490. The maximum absolute atomic E-state index is 11.9. The first-order chi connectivity index (χ1) is 13.6. The molecule has 4 rings (SSSR count). The first-order valence-electron chi connectivity index (χ1n) is 12.5. The van der Waals surface area contributed by atoms with Gasteiger partial charge in [-0.25, -0.2) is 4.79 Å². The molecule has 2 heteroatoms. The van der Waals surface area contributed by atoms with E-state index >= 15 is 0 Å². The molecule has 0 saturated heterocycles. The molecule has 0 radical (unpaired) electrons. The van der Waals surface area contributed by atoms with Gasteiger partial charge in [-0.1, -0.05) is 66.9 Å². The van der Waals surface area contributed by atoms with Crippen LogP contribution in [0, 0.1) is 52.3 Å². The van der Waals surface area contributed by atoms with Crippen LogP contribution in [-0.2, 0) is 9.53 Å². The number of ether oxygens (including phenoxy) is 1. The topological polar surface area (TPSA) is 26.3 Å². The zero-order valence-corrected chi connectivity index (χ0v) is 19.7. The van der Waals surface area contributed by atoms with Gasteiger partial charge < -0.3 is 4.74 Å². The lowest BCUT2D eigenvalue weighted by Crippen LogP contribution is -2.57. The molecule has 0 aromatic rings. The molecule has 0 spiro atoms. The highest BCUT2D eigenvalue weighted by Crippen LogP contribution is 2.66. The van der Waals surface area contributed by atoms with E-state index in [0.29, 0.717) is 17.3 Å². The third-order valence-corrected chi connectivity index (χ3v) is 9.95. The Hall–Kier alpha value is -0.790. The Labute approximate surface area is 179 Å². The zero-order chi connectivity index (χ0) is 21.0. The van der Waals surface area contributed by atoms with Gasteiger partial charge in [0, 0.05) is 11.5 Å². The number of esters is 1. The predicted octanol–water partition coefficient (Wildman–Crippen LogP) is 7.04. The minimum Gasteiger partial charge on any atom is -0.458 e. The lowest BCUT2D eigenvalue weighted by atomic mass is 9.47. The van der Waals surface area contributed by atoms with Crippen LogP contribution in [0.1, 0.15) is 92.9 Å². The molecule has 3 fully saturated rings. The second-order valence-corrected chi connectivity index (χ2v) is 12.3. The average Bonchev–Trinajstić information content (AvgIpc) is 3.00. The molecular weight excluding hydrogens is 356 g/mol. The smallest absolute Gasteiger partial charge is 0.330 e. The highest BCUT2D eigenvalue weighted by atomic mass is 16.5. The van der Waals surface area contributed by atoms with E-state index < -0.39 is 0 Å². The minimum atomic E-state index is -0.130. The Balaban J connectivity index is 1.51. The number of carbonyl (C=O) groups excluding carboxylic acids is 1. The Kier molecular flexibility index (Phi) is 5.71. The molecule has 9 atom stereocenters. The molecule has 2 nitrogen and oxygen atoms in total. The standard InChI is InChI=1S/C27H44O2/c1-17(2)8-7-9-18(3)20-15-22-25-19(4)14-23-27(6,13-11-24(28)29-23)21(25)10-12-26(22,5)16-20/h11,13,17-23,25H,7-10,12,14-16H2,1-6H3/t18?,19?,20?,21-,22+,23?,25-,26-,27-/m1/s1. The van der Waals surface area contributed by atoms with Crippen LogP contribution in [0.25, 0.3) is 0 Å². The van der Waals surface area contributed by atoms with Crippen LogP contribution in [0.4, 0.5) is 0 Å². The molecule has 4 unspecified atom stereocenters. The number of carbonyl (C=O) groups is 1. The fourth-order valence-corrected chi connectivity index (χ4v) is 8.17. The number of hydrogen-bond donors (Lipinski definition) is 0. The molecule has 3 saturated carbocycles. The Morgan fingerprint density at radius 3 is 2.62 bits per heavy atom. The van der Waals surface area contributed by atoms with Gasteiger partial charge in [-0.2, -0.15) is 0 Å². The van der Waals surface area contributed by atoms with Gasteiger partial charge in [-0.15, -0.1) is 0 Å². The van der Waals surface area contributed by atoms with E-state index in [2.05, 4.69) is 47.6 Å². The molecule has 0 amide bonds. The molecular formula is C27H44O2. The highest BCUT2D eigenvalue weighted by Gasteiger charge is 2.61. The first-order valence-corrected chi connectivity index (χ1v) is 12.5. The van der Waals surface area contributed by atoms with Crippen LogP contribution < -0.4 is 0 Å². The third kappa shape index (κ3) is 3.72. The number of fused-ring (bicyclic) bond motifs is 5. The summed E-state index contributed by atoms with van der Waals surface area (Å²) in [5.74, 6) is 5.48. The van der Waals surface area contributed by atoms with E-state index in [4.69, 9.17) is 4.74 Å². The summed E-state index contributed by atoms with van der Waals surface area (Å²) in [5, 5.41) is 0. The molecule has 3 aliphatic carbocycles. The van der Waals surface area contributed by atoms with E-state index in [-0.39, 0.29) is 17.5 Å². The largest absolute Gasteiger partial charge is 0.458 e. The van der Waals surface area contributed by atoms with Crippen molar-refractivity contribution in [3.05, 3.63) is 12.2 Å². The number of hydrogen-bond acceptors (Lipinski definition) is 2. The summed E-state index contributed by atoms with van der Waals surface area (Å²) in [5.41, 5.74) is 0.581. The van der Waals surface area contributed by atoms with Gasteiger partial charge in [-0.3, -0.25) is 0 Å². The zero-order valence-electron chi connectivity index (χ0n) is 19.7. The van der Waals surface area contributed by atoms with Crippen LogP contribution in [0.5, 0.6) is 0 Å². The van der Waals surface area contributed by atoms with Crippen LogP contribution in [0.2, 0.25) is 0 Å². The third-order valence-electron chi connectivity index (χ3n) is 9.95.